The van der Waals surface area contributed by atoms with Crippen LogP contribution in [0.2, 0.25) is 0 Å². The van der Waals surface area contributed by atoms with Gasteiger partial charge in [-0.05, 0) is 19.1 Å². The van der Waals surface area contributed by atoms with Crippen molar-refractivity contribution in [3.63, 3.8) is 0 Å². The van der Waals surface area contributed by atoms with Crippen LogP contribution in [-0.4, -0.2) is 22.4 Å². The number of rotatable bonds is 3. The zero-order chi connectivity index (χ0) is 13.9. The van der Waals surface area contributed by atoms with Crippen LogP contribution in [0.4, 0.5) is 0 Å². The van der Waals surface area contributed by atoms with Crippen molar-refractivity contribution >= 4 is 22.1 Å². The van der Waals surface area contributed by atoms with Crippen LogP contribution in [0.15, 0.2) is 29.3 Å². The van der Waals surface area contributed by atoms with Crippen molar-refractivity contribution in [3.8, 4) is 11.5 Å². The number of benzene rings is 1. The highest BCUT2D eigenvalue weighted by Gasteiger charge is 2.14. The average Bonchev–Trinajstić information content (AvgIpc) is 2.72. The first-order valence-corrected chi connectivity index (χ1v) is 8.55. The van der Waals surface area contributed by atoms with Gasteiger partial charge < -0.3 is 9.47 Å². The lowest BCUT2D eigenvalue weighted by atomic mass is 10.3. The molecule has 0 bridgehead atoms. The van der Waals surface area contributed by atoms with Gasteiger partial charge in [-0.15, -0.1) is 11.3 Å². The number of aromatic nitrogens is 1. The number of thiazole rings is 1. The number of fused-ring (bicyclic) bond motifs is 1. The van der Waals surface area contributed by atoms with E-state index in [2.05, 4.69) is 4.98 Å². The maximum Gasteiger partial charge on any atom is 0.162 e. The minimum Gasteiger partial charge on any atom is -0.490 e. The highest BCUT2D eigenvalue weighted by atomic mass is 32.2. The Balaban J connectivity index is 1.79. The fourth-order valence-corrected chi connectivity index (χ4v) is 4.07. The Labute approximate surface area is 124 Å². The fourth-order valence-electron chi connectivity index (χ4n) is 1.97. The van der Waals surface area contributed by atoms with Crippen molar-refractivity contribution in [2.24, 2.45) is 0 Å². The number of nitrogens with zero attached hydrogens (tertiary/aromatic N) is 1. The summed E-state index contributed by atoms with van der Waals surface area (Å²) in [5.41, 5.74) is 0. The topological polar surface area (TPSA) is 48.4 Å². The highest BCUT2D eigenvalue weighted by molar-refractivity contribution is 7.84. The van der Waals surface area contributed by atoms with Crippen LogP contribution in [0.5, 0.6) is 11.5 Å². The molecule has 1 aliphatic rings. The second-order valence-corrected chi connectivity index (χ2v) is 7.26. The quantitative estimate of drug-likeness (QED) is 0.874. The first kappa shape index (κ1) is 13.6. The minimum absolute atomic E-state index is 0.491. The molecule has 0 N–H and O–H groups in total. The molecular weight excluding hydrogens is 294 g/mol. The molecule has 106 valence electrons. The Kier molecular flexibility index (Phi) is 4.03. The molecule has 1 atom stereocenters. The molecule has 4 nitrogen and oxygen atoms in total. The lowest BCUT2D eigenvalue weighted by Gasteiger charge is -2.08. The van der Waals surface area contributed by atoms with Gasteiger partial charge >= 0.3 is 0 Å². The lowest BCUT2D eigenvalue weighted by Crippen LogP contribution is -1.98. The number of ether oxygens (including phenoxy) is 2. The summed E-state index contributed by atoms with van der Waals surface area (Å²) in [6.45, 7) is 3.25. The Morgan fingerprint density at radius 2 is 2.10 bits per heavy atom. The standard InChI is InChI=1S/C14H15NO3S2/c1-10-15-8-11(19-10)9-20(16)12-3-4-13-14(7-12)18-6-2-5-17-13/h3-4,7-8H,2,5-6,9H2,1H3/t20-/m0/s1. The Morgan fingerprint density at radius 3 is 2.85 bits per heavy atom. The smallest absolute Gasteiger partial charge is 0.162 e. The Bertz CT molecular complexity index is 639. The van der Waals surface area contributed by atoms with Gasteiger partial charge in [-0.2, -0.15) is 0 Å². The Hall–Kier alpha value is -1.40. The van der Waals surface area contributed by atoms with Crippen molar-refractivity contribution < 1.29 is 13.7 Å². The molecule has 20 heavy (non-hydrogen) atoms. The second-order valence-electron chi connectivity index (χ2n) is 4.49. The van der Waals surface area contributed by atoms with Gasteiger partial charge in [-0.25, -0.2) is 4.98 Å². The monoisotopic (exact) mass is 309 g/mol. The molecule has 0 saturated heterocycles. The summed E-state index contributed by atoms with van der Waals surface area (Å²) in [7, 11) is -1.09. The summed E-state index contributed by atoms with van der Waals surface area (Å²) in [5, 5.41) is 0.996. The fraction of sp³-hybridized carbons (Fsp3) is 0.357. The van der Waals surface area contributed by atoms with Crippen molar-refractivity contribution in [1.82, 2.24) is 4.98 Å². The van der Waals surface area contributed by atoms with E-state index in [0.29, 0.717) is 24.7 Å². The maximum absolute atomic E-state index is 12.4. The first-order valence-electron chi connectivity index (χ1n) is 6.42. The average molecular weight is 309 g/mol. The van der Waals surface area contributed by atoms with Crippen LogP contribution in [-0.2, 0) is 16.6 Å². The van der Waals surface area contributed by atoms with E-state index in [0.717, 1.165) is 27.0 Å². The van der Waals surface area contributed by atoms with Gasteiger partial charge in [0.2, 0.25) is 0 Å². The molecule has 0 spiro atoms. The van der Waals surface area contributed by atoms with Gasteiger partial charge in [0.1, 0.15) is 0 Å². The molecule has 0 saturated carbocycles. The molecular formula is C14H15NO3S2. The van der Waals surface area contributed by atoms with Crippen molar-refractivity contribution in [2.45, 2.75) is 24.0 Å². The van der Waals surface area contributed by atoms with E-state index in [4.69, 9.17) is 9.47 Å². The van der Waals surface area contributed by atoms with E-state index >= 15 is 0 Å². The van der Waals surface area contributed by atoms with E-state index in [-0.39, 0.29) is 0 Å². The van der Waals surface area contributed by atoms with Crippen LogP contribution in [0.3, 0.4) is 0 Å². The van der Waals surface area contributed by atoms with E-state index < -0.39 is 10.8 Å². The maximum atomic E-state index is 12.4. The number of hydrogen-bond acceptors (Lipinski definition) is 5. The molecule has 2 aromatic rings. The third-order valence-electron chi connectivity index (χ3n) is 2.92. The van der Waals surface area contributed by atoms with E-state index in [1.807, 2.05) is 25.1 Å². The van der Waals surface area contributed by atoms with Crippen LogP contribution >= 0.6 is 11.3 Å². The molecule has 1 aliphatic heterocycles. The summed E-state index contributed by atoms with van der Waals surface area (Å²) in [6.07, 6.45) is 2.66. The summed E-state index contributed by atoms with van der Waals surface area (Å²) < 4.78 is 23.6. The van der Waals surface area contributed by atoms with Crippen LogP contribution < -0.4 is 9.47 Å². The van der Waals surface area contributed by atoms with Gasteiger partial charge in [0.15, 0.2) is 11.5 Å². The van der Waals surface area contributed by atoms with Crippen molar-refractivity contribution in [3.05, 3.63) is 34.3 Å². The SMILES string of the molecule is Cc1ncc(C[S@](=O)c2ccc3c(c2)OCCCO3)s1. The molecule has 0 aliphatic carbocycles. The summed E-state index contributed by atoms with van der Waals surface area (Å²) in [6, 6.07) is 5.51. The van der Waals surface area contributed by atoms with Gasteiger partial charge in [0.25, 0.3) is 0 Å². The van der Waals surface area contributed by atoms with Gasteiger partial charge in [0.05, 0.1) is 34.8 Å². The third kappa shape index (κ3) is 3.02. The minimum atomic E-state index is -1.09. The zero-order valence-electron chi connectivity index (χ0n) is 11.1. The summed E-state index contributed by atoms with van der Waals surface area (Å²) >= 11 is 1.58. The molecule has 0 radical (unpaired) electrons. The van der Waals surface area contributed by atoms with Crippen LogP contribution in [0.25, 0.3) is 0 Å². The summed E-state index contributed by atoms with van der Waals surface area (Å²) in [4.78, 5) is 5.98. The van der Waals surface area contributed by atoms with E-state index in [1.54, 1.807) is 17.5 Å². The van der Waals surface area contributed by atoms with E-state index in [9.17, 15) is 4.21 Å². The van der Waals surface area contributed by atoms with Crippen molar-refractivity contribution in [2.75, 3.05) is 13.2 Å². The Morgan fingerprint density at radius 1 is 1.30 bits per heavy atom. The lowest BCUT2D eigenvalue weighted by molar-refractivity contribution is 0.297. The highest BCUT2D eigenvalue weighted by Crippen LogP contribution is 2.32. The predicted octanol–water partition coefficient (Wildman–Crippen LogP) is 2.92. The van der Waals surface area contributed by atoms with Gasteiger partial charge in [-0.1, -0.05) is 0 Å². The molecule has 0 amide bonds. The first-order chi connectivity index (χ1) is 9.72. The van der Waals surface area contributed by atoms with E-state index in [1.165, 1.54) is 0 Å². The molecule has 2 heterocycles. The molecule has 6 heteroatoms. The zero-order valence-corrected chi connectivity index (χ0v) is 12.8. The predicted molar refractivity (Wildman–Crippen MR) is 79.0 cm³/mol. The second kappa shape index (κ2) is 5.93. The number of aryl methyl sites for hydroxylation is 1. The van der Waals surface area contributed by atoms with Crippen LogP contribution in [0, 0.1) is 6.92 Å². The molecule has 0 fully saturated rings. The molecule has 1 aromatic heterocycles. The summed E-state index contributed by atoms with van der Waals surface area (Å²) in [5.74, 6) is 1.91. The number of hydrogen-bond donors (Lipinski definition) is 0. The molecule has 0 unspecified atom stereocenters. The normalized spacial score (nSPS) is 15.7. The third-order valence-corrected chi connectivity index (χ3v) is 5.37. The van der Waals surface area contributed by atoms with Gasteiger partial charge in [0, 0.05) is 28.5 Å². The molecule has 1 aromatic carbocycles. The van der Waals surface area contributed by atoms with Gasteiger partial charge in [-0.3, -0.25) is 4.21 Å². The van der Waals surface area contributed by atoms with Crippen molar-refractivity contribution in [1.29, 1.82) is 0 Å². The van der Waals surface area contributed by atoms with Crippen LogP contribution in [0.1, 0.15) is 16.3 Å². The largest absolute Gasteiger partial charge is 0.490 e. The molecule has 3 rings (SSSR count).